The third-order valence-electron chi connectivity index (χ3n) is 0.346. The first-order valence-corrected chi connectivity index (χ1v) is 3.78. The molecule has 0 aliphatic rings. The van der Waals surface area contributed by atoms with Gasteiger partial charge in [-0.15, -0.1) is 0 Å². The van der Waals surface area contributed by atoms with Gasteiger partial charge in [0.2, 0.25) is 4.38 Å². The Bertz CT molecular complexity index is 194. The first-order chi connectivity index (χ1) is 3.55. The van der Waals surface area contributed by atoms with E-state index in [4.69, 9.17) is 5.41 Å². The van der Waals surface area contributed by atoms with Crippen molar-refractivity contribution in [1.82, 2.24) is 0 Å². The summed E-state index contributed by atoms with van der Waals surface area (Å²) in [7, 11) is -6.43. The molecule has 8 heavy (non-hydrogen) atoms. The molecule has 0 aromatic carbocycles. The van der Waals surface area contributed by atoms with E-state index in [2.05, 4.69) is 0 Å². The largest absolute Gasteiger partial charge is 0.280 e. The summed E-state index contributed by atoms with van der Waals surface area (Å²) in [4.78, 5) is 0. The van der Waals surface area contributed by atoms with E-state index in [0.29, 0.717) is 0 Å². The predicted octanol–water partition coefficient (Wildman–Crippen LogP) is -1.86. The summed E-state index contributed by atoms with van der Waals surface area (Å²) in [6.45, 7) is 0. The van der Waals surface area contributed by atoms with Gasteiger partial charge in [0, 0.05) is 0 Å². The second-order valence-electron chi connectivity index (χ2n) is 0.838. The zero-order chi connectivity index (χ0) is 6.73. The van der Waals surface area contributed by atoms with Crippen LogP contribution in [0.4, 0.5) is 0 Å². The fraction of sp³-hybridized carbons (Fsp3) is 0. The average molecular weight is 157 g/mol. The van der Waals surface area contributed by atoms with Gasteiger partial charge < -0.3 is 0 Å². The lowest BCUT2D eigenvalue weighted by Gasteiger charge is -1.72. The number of hydrogen-bond donors (Lipinski definition) is 3. The summed E-state index contributed by atoms with van der Waals surface area (Å²) in [6, 6.07) is 0. The van der Waals surface area contributed by atoms with Crippen LogP contribution in [0.1, 0.15) is 0 Å². The first-order valence-electron chi connectivity index (χ1n) is 1.43. The van der Waals surface area contributed by atoms with Crippen LogP contribution >= 0.6 is 0 Å². The zero-order valence-electron chi connectivity index (χ0n) is 3.53. The van der Waals surface area contributed by atoms with Crippen molar-refractivity contribution in [3.63, 3.8) is 0 Å². The fourth-order valence-electron chi connectivity index (χ4n) is 0.0667. The van der Waals surface area contributed by atoms with Gasteiger partial charge in [-0.2, -0.15) is 0 Å². The number of rotatable bonds is 0. The van der Waals surface area contributed by atoms with Gasteiger partial charge in [0.25, 0.3) is 0 Å². The third kappa shape index (κ3) is 2.03. The van der Waals surface area contributed by atoms with Gasteiger partial charge in [-0.3, -0.25) is 5.41 Å². The molecule has 0 aromatic heterocycles. The van der Waals surface area contributed by atoms with E-state index in [-0.39, 0.29) is 0 Å². The van der Waals surface area contributed by atoms with Crippen LogP contribution < -0.4 is 0 Å². The number of hydrogen-bond acceptors (Lipinski definition) is 5. The second kappa shape index (κ2) is 2.78. The molecule has 7 heteroatoms. The smallest absolute Gasteiger partial charge is 0.234 e. The maximum Gasteiger partial charge on any atom is 0.234 e. The highest BCUT2D eigenvalue weighted by atomic mass is 32.2. The molecule has 0 fully saturated rings. The summed E-state index contributed by atoms with van der Waals surface area (Å²) in [5.41, 5.74) is 0. The van der Waals surface area contributed by atoms with Gasteiger partial charge in [0.1, 0.15) is 0 Å². The molecule has 0 atom stereocenters. The summed E-state index contributed by atoms with van der Waals surface area (Å²) < 4.78 is 37.0. The Morgan fingerprint density at radius 2 is 1.25 bits per heavy atom. The Kier molecular flexibility index (Phi) is 2.63. The van der Waals surface area contributed by atoms with E-state index in [1.54, 1.807) is 0 Å². The van der Waals surface area contributed by atoms with Crippen molar-refractivity contribution in [1.29, 1.82) is 5.41 Å². The second-order valence-corrected chi connectivity index (χ2v) is 3.11. The van der Waals surface area contributed by atoms with Crippen LogP contribution in [0, 0.1) is 5.41 Å². The van der Waals surface area contributed by atoms with Crippen LogP contribution in [-0.2, 0) is 21.4 Å². The lowest BCUT2D eigenvalue weighted by atomic mass is 11.7. The average Bonchev–Trinajstić information content (AvgIpc) is 1.64. The molecule has 0 spiro atoms. The Labute approximate surface area is 48.7 Å². The van der Waals surface area contributed by atoms with E-state index < -0.39 is 25.8 Å². The molecule has 0 amide bonds. The maximum atomic E-state index is 9.57. The molecule has 1 N–H and O–H groups in total. The van der Waals surface area contributed by atoms with Gasteiger partial charge in [-0.05, 0) is 0 Å². The number of thiol groups is 2. The minimum absolute atomic E-state index is 1.24. The monoisotopic (exact) mass is 157 g/mol. The molecule has 5 nitrogen and oxygen atoms in total. The molecule has 0 heterocycles. The standard InChI is InChI=1S/CH3NO4S2/c2-1(7(3)4)8(5)6/h2,7-8H. The molecular formula is CH3NO4S2. The Morgan fingerprint density at radius 3 is 1.25 bits per heavy atom. The van der Waals surface area contributed by atoms with Crippen LogP contribution in [0.2, 0.25) is 0 Å². The summed E-state index contributed by atoms with van der Waals surface area (Å²) in [5.74, 6) is 0. The molecule has 0 aliphatic carbocycles. The Hall–Kier alpha value is -0.430. The van der Waals surface area contributed by atoms with E-state index >= 15 is 0 Å². The van der Waals surface area contributed by atoms with Crippen LogP contribution in [0.25, 0.3) is 0 Å². The Balaban J connectivity index is 4.54. The van der Waals surface area contributed by atoms with Crippen molar-refractivity contribution < 1.29 is 16.8 Å². The lowest BCUT2D eigenvalue weighted by Crippen LogP contribution is -1.98. The van der Waals surface area contributed by atoms with Gasteiger partial charge in [-0.25, -0.2) is 16.8 Å². The molecular weight excluding hydrogens is 154 g/mol. The highest BCUT2D eigenvalue weighted by molar-refractivity contribution is 8.15. The van der Waals surface area contributed by atoms with E-state index in [9.17, 15) is 16.8 Å². The van der Waals surface area contributed by atoms with Crippen molar-refractivity contribution in [2.45, 2.75) is 0 Å². The molecule has 0 bridgehead atoms. The third-order valence-corrected chi connectivity index (χ3v) is 2.02. The van der Waals surface area contributed by atoms with Crippen molar-refractivity contribution >= 4 is 25.8 Å². The van der Waals surface area contributed by atoms with Crippen LogP contribution in [0.5, 0.6) is 0 Å². The minimum atomic E-state index is -3.21. The van der Waals surface area contributed by atoms with E-state index in [0.717, 1.165) is 0 Å². The highest BCUT2D eigenvalue weighted by Crippen LogP contribution is 1.70. The number of nitrogens with one attached hydrogen (secondary N) is 1. The molecule has 0 saturated carbocycles. The molecule has 0 saturated heterocycles. The topological polar surface area (TPSA) is 92.1 Å². The van der Waals surface area contributed by atoms with Crippen molar-refractivity contribution in [3.8, 4) is 0 Å². The normalized spacial score (nSPS) is 10.2. The quantitative estimate of drug-likeness (QED) is 0.218. The molecule has 0 aromatic rings. The van der Waals surface area contributed by atoms with Crippen molar-refractivity contribution in [2.75, 3.05) is 0 Å². The molecule has 48 valence electrons. The Morgan fingerprint density at radius 1 is 1.00 bits per heavy atom. The predicted molar refractivity (Wildman–Crippen MR) is 28.4 cm³/mol. The highest BCUT2D eigenvalue weighted by Gasteiger charge is 1.97. The van der Waals surface area contributed by atoms with Crippen LogP contribution in [0.3, 0.4) is 0 Å². The summed E-state index contributed by atoms with van der Waals surface area (Å²) in [5, 5.41) is 6.21. The van der Waals surface area contributed by atoms with Crippen LogP contribution in [-0.4, -0.2) is 21.2 Å². The van der Waals surface area contributed by atoms with Gasteiger partial charge >= 0.3 is 0 Å². The summed E-state index contributed by atoms with van der Waals surface area (Å²) in [6.07, 6.45) is 0. The van der Waals surface area contributed by atoms with Gasteiger partial charge in [-0.1, -0.05) is 0 Å². The molecule has 0 aliphatic heterocycles. The van der Waals surface area contributed by atoms with Crippen LogP contribution in [0.15, 0.2) is 0 Å². The SMILES string of the molecule is N=C([SH](=O)=O)[SH](=O)=O. The minimum Gasteiger partial charge on any atom is -0.280 e. The summed E-state index contributed by atoms with van der Waals surface area (Å²) >= 11 is 0. The van der Waals surface area contributed by atoms with Gasteiger partial charge in [0.15, 0.2) is 21.4 Å². The van der Waals surface area contributed by atoms with E-state index in [1.807, 2.05) is 0 Å². The van der Waals surface area contributed by atoms with E-state index in [1.165, 1.54) is 0 Å². The first kappa shape index (κ1) is 7.57. The zero-order valence-corrected chi connectivity index (χ0v) is 5.32. The van der Waals surface area contributed by atoms with Gasteiger partial charge in [0.05, 0.1) is 0 Å². The molecule has 0 rings (SSSR count). The van der Waals surface area contributed by atoms with Crippen molar-refractivity contribution in [3.05, 3.63) is 0 Å². The lowest BCUT2D eigenvalue weighted by molar-refractivity contribution is 0.620. The fourth-order valence-corrected chi connectivity index (χ4v) is 0.600. The van der Waals surface area contributed by atoms with Crippen molar-refractivity contribution in [2.24, 2.45) is 0 Å². The maximum absolute atomic E-state index is 9.57. The molecule has 0 unspecified atom stereocenters. The molecule has 0 radical (unpaired) electrons.